The summed E-state index contributed by atoms with van der Waals surface area (Å²) in [4.78, 5) is 2.65. The topological polar surface area (TPSA) is 15.3 Å². The Kier molecular flexibility index (Phi) is 4.74. The Hall–Kier alpha value is -0.0800. The molecule has 1 rings (SSSR count). The molecule has 0 bridgehead atoms. The lowest BCUT2D eigenvalue weighted by Gasteiger charge is -2.26. The van der Waals surface area contributed by atoms with Crippen molar-refractivity contribution in [1.82, 2.24) is 10.2 Å². The summed E-state index contributed by atoms with van der Waals surface area (Å²) >= 11 is 0. The Labute approximate surface area is 82.7 Å². The fourth-order valence-electron chi connectivity index (χ4n) is 2.36. The molecular formula is C11H24N2. The van der Waals surface area contributed by atoms with E-state index in [4.69, 9.17) is 0 Å². The van der Waals surface area contributed by atoms with Gasteiger partial charge in [0.25, 0.3) is 0 Å². The minimum Gasteiger partial charge on any atom is -0.313 e. The number of likely N-dealkylation sites (tertiary alicyclic amines) is 1. The first-order valence-electron chi connectivity index (χ1n) is 5.75. The molecule has 13 heavy (non-hydrogen) atoms. The van der Waals surface area contributed by atoms with Crippen LogP contribution in [0.4, 0.5) is 0 Å². The van der Waals surface area contributed by atoms with Gasteiger partial charge >= 0.3 is 0 Å². The van der Waals surface area contributed by atoms with Crippen LogP contribution in [0, 0.1) is 0 Å². The smallest absolute Gasteiger partial charge is 0.0166 e. The van der Waals surface area contributed by atoms with Crippen molar-refractivity contribution in [2.24, 2.45) is 0 Å². The number of hydrogen-bond donors (Lipinski definition) is 1. The largest absolute Gasteiger partial charge is 0.313 e. The Bertz CT molecular complexity index is 136. The second-order valence-corrected chi connectivity index (χ2v) is 4.16. The van der Waals surface area contributed by atoms with Crippen LogP contribution in [0.25, 0.3) is 0 Å². The van der Waals surface area contributed by atoms with E-state index >= 15 is 0 Å². The summed E-state index contributed by atoms with van der Waals surface area (Å²) in [5.74, 6) is 0. The van der Waals surface area contributed by atoms with Gasteiger partial charge in [-0.15, -0.1) is 0 Å². The van der Waals surface area contributed by atoms with Crippen LogP contribution in [-0.4, -0.2) is 36.6 Å². The first kappa shape index (κ1) is 11.0. The molecule has 1 fully saturated rings. The zero-order valence-corrected chi connectivity index (χ0v) is 9.34. The fourth-order valence-corrected chi connectivity index (χ4v) is 2.36. The van der Waals surface area contributed by atoms with Gasteiger partial charge in [0.2, 0.25) is 0 Å². The third-order valence-electron chi connectivity index (χ3n) is 3.03. The predicted molar refractivity (Wildman–Crippen MR) is 58.0 cm³/mol. The fraction of sp³-hybridized carbons (Fsp3) is 1.00. The summed E-state index contributed by atoms with van der Waals surface area (Å²) in [6.45, 7) is 10.4. The Morgan fingerprint density at radius 1 is 1.46 bits per heavy atom. The molecule has 2 unspecified atom stereocenters. The maximum absolute atomic E-state index is 3.48. The average molecular weight is 184 g/mol. The molecule has 0 aromatic heterocycles. The molecule has 1 aliphatic heterocycles. The minimum atomic E-state index is 0.650. The highest BCUT2D eigenvalue weighted by Gasteiger charge is 2.23. The lowest BCUT2D eigenvalue weighted by atomic mass is 10.1. The summed E-state index contributed by atoms with van der Waals surface area (Å²) in [7, 11) is 0. The van der Waals surface area contributed by atoms with E-state index in [0.717, 1.165) is 12.6 Å². The zero-order valence-electron chi connectivity index (χ0n) is 9.34. The molecule has 2 nitrogen and oxygen atoms in total. The van der Waals surface area contributed by atoms with Crippen LogP contribution in [0.5, 0.6) is 0 Å². The summed E-state index contributed by atoms with van der Waals surface area (Å²) in [6.07, 6.45) is 4.13. The number of hydrogen-bond acceptors (Lipinski definition) is 2. The Balaban J connectivity index is 2.26. The molecular weight excluding hydrogens is 160 g/mol. The molecule has 0 saturated carbocycles. The van der Waals surface area contributed by atoms with Crippen molar-refractivity contribution in [2.75, 3.05) is 19.6 Å². The summed E-state index contributed by atoms with van der Waals surface area (Å²) in [6, 6.07) is 1.51. The Morgan fingerprint density at radius 3 is 2.85 bits per heavy atom. The van der Waals surface area contributed by atoms with Gasteiger partial charge in [-0.3, -0.25) is 4.90 Å². The first-order valence-corrected chi connectivity index (χ1v) is 5.75. The van der Waals surface area contributed by atoms with Crippen LogP contribution < -0.4 is 5.32 Å². The minimum absolute atomic E-state index is 0.650. The monoisotopic (exact) mass is 184 g/mol. The van der Waals surface area contributed by atoms with Crippen LogP contribution >= 0.6 is 0 Å². The van der Waals surface area contributed by atoms with Gasteiger partial charge in [0.05, 0.1) is 0 Å². The van der Waals surface area contributed by atoms with E-state index in [0.29, 0.717) is 6.04 Å². The Morgan fingerprint density at radius 2 is 2.23 bits per heavy atom. The third kappa shape index (κ3) is 3.28. The van der Waals surface area contributed by atoms with E-state index < -0.39 is 0 Å². The molecule has 1 heterocycles. The molecule has 2 heteroatoms. The maximum Gasteiger partial charge on any atom is 0.0166 e. The normalized spacial score (nSPS) is 26.5. The molecule has 1 aliphatic rings. The van der Waals surface area contributed by atoms with Crippen LogP contribution in [0.2, 0.25) is 0 Å². The molecule has 0 aliphatic carbocycles. The van der Waals surface area contributed by atoms with Gasteiger partial charge in [-0.2, -0.15) is 0 Å². The predicted octanol–water partition coefficient (Wildman–Crippen LogP) is 1.86. The molecule has 1 N–H and O–H groups in total. The second kappa shape index (κ2) is 5.61. The standard InChI is InChI=1S/C11H24N2/c1-4-11-7-6-8-13(11)9-10(3)12-5-2/h10-12H,4-9H2,1-3H3. The van der Waals surface area contributed by atoms with Gasteiger partial charge in [0.1, 0.15) is 0 Å². The number of nitrogens with one attached hydrogen (secondary N) is 1. The first-order chi connectivity index (χ1) is 6.27. The van der Waals surface area contributed by atoms with Crippen molar-refractivity contribution >= 4 is 0 Å². The van der Waals surface area contributed by atoms with Crippen molar-refractivity contribution in [3.63, 3.8) is 0 Å². The van der Waals surface area contributed by atoms with E-state index in [-0.39, 0.29) is 0 Å². The highest BCUT2D eigenvalue weighted by molar-refractivity contribution is 4.80. The SMILES string of the molecule is CCNC(C)CN1CCCC1CC. The maximum atomic E-state index is 3.48. The van der Waals surface area contributed by atoms with E-state index in [1.807, 2.05) is 0 Å². The van der Waals surface area contributed by atoms with E-state index in [9.17, 15) is 0 Å². The van der Waals surface area contributed by atoms with Gasteiger partial charge < -0.3 is 5.32 Å². The van der Waals surface area contributed by atoms with Crippen molar-refractivity contribution in [1.29, 1.82) is 0 Å². The van der Waals surface area contributed by atoms with Gasteiger partial charge in [0.15, 0.2) is 0 Å². The van der Waals surface area contributed by atoms with Crippen LogP contribution in [0.1, 0.15) is 40.0 Å². The van der Waals surface area contributed by atoms with Gasteiger partial charge in [-0.05, 0) is 39.3 Å². The van der Waals surface area contributed by atoms with Crippen LogP contribution in [-0.2, 0) is 0 Å². The van der Waals surface area contributed by atoms with Crippen LogP contribution in [0.3, 0.4) is 0 Å². The summed E-state index contributed by atoms with van der Waals surface area (Å²) in [5, 5.41) is 3.48. The van der Waals surface area contributed by atoms with Gasteiger partial charge in [-0.25, -0.2) is 0 Å². The molecule has 0 spiro atoms. The van der Waals surface area contributed by atoms with Gasteiger partial charge in [-0.1, -0.05) is 13.8 Å². The lowest BCUT2D eigenvalue weighted by Crippen LogP contribution is -2.41. The van der Waals surface area contributed by atoms with Gasteiger partial charge in [0, 0.05) is 18.6 Å². The average Bonchev–Trinajstić information content (AvgIpc) is 2.52. The number of nitrogens with zero attached hydrogens (tertiary/aromatic N) is 1. The molecule has 0 aromatic rings. The molecule has 78 valence electrons. The van der Waals surface area contributed by atoms with Crippen molar-refractivity contribution < 1.29 is 0 Å². The molecule has 0 aromatic carbocycles. The number of rotatable bonds is 5. The van der Waals surface area contributed by atoms with Crippen molar-refractivity contribution in [2.45, 2.75) is 52.1 Å². The number of likely N-dealkylation sites (N-methyl/N-ethyl adjacent to an activating group) is 1. The lowest BCUT2D eigenvalue weighted by molar-refractivity contribution is 0.226. The van der Waals surface area contributed by atoms with E-state index in [2.05, 4.69) is 31.0 Å². The third-order valence-corrected chi connectivity index (χ3v) is 3.03. The highest BCUT2D eigenvalue weighted by Crippen LogP contribution is 2.19. The molecule has 2 atom stereocenters. The molecule has 0 radical (unpaired) electrons. The second-order valence-electron chi connectivity index (χ2n) is 4.16. The van der Waals surface area contributed by atoms with Crippen LogP contribution in [0.15, 0.2) is 0 Å². The molecule has 0 amide bonds. The summed E-state index contributed by atoms with van der Waals surface area (Å²) < 4.78 is 0. The zero-order chi connectivity index (χ0) is 9.68. The van der Waals surface area contributed by atoms with E-state index in [1.54, 1.807) is 0 Å². The van der Waals surface area contributed by atoms with Crippen molar-refractivity contribution in [3.8, 4) is 0 Å². The molecule has 1 saturated heterocycles. The van der Waals surface area contributed by atoms with Crippen molar-refractivity contribution in [3.05, 3.63) is 0 Å². The van der Waals surface area contributed by atoms with E-state index in [1.165, 1.54) is 32.4 Å². The highest BCUT2D eigenvalue weighted by atomic mass is 15.2. The summed E-state index contributed by atoms with van der Waals surface area (Å²) in [5.41, 5.74) is 0. The quantitative estimate of drug-likeness (QED) is 0.701.